The number of benzene rings is 2. The molecule has 0 unspecified atom stereocenters. The molecule has 4 N–H and O–H groups in total. The average molecular weight is 476 g/mol. The molecular formula is C19H19F3N2O5S2. The molecule has 1 fully saturated rings. The van der Waals surface area contributed by atoms with Gasteiger partial charge in [0.15, 0.2) is 14.6 Å². The first kappa shape index (κ1) is 23.4. The Balaban J connectivity index is 1.86. The zero-order valence-electron chi connectivity index (χ0n) is 16.0. The maximum absolute atomic E-state index is 13.2. The number of ether oxygens (including phenoxy) is 1. The molecule has 1 amide bonds. The van der Waals surface area contributed by atoms with Gasteiger partial charge in [0.1, 0.15) is 0 Å². The smallest absolute Gasteiger partial charge is 0.398 e. The predicted molar refractivity (Wildman–Crippen MR) is 106 cm³/mol. The molecule has 168 valence electrons. The van der Waals surface area contributed by atoms with Gasteiger partial charge in [0, 0.05) is 28.7 Å². The van der Waals surface area contributed by atoms with Crippen molar-refractivity contribution in [3.63, 3.8) is 0 Å². The molecule has 1 aliphatic rings. The number of nitrogens with two attached hydrogens (primary N) is 1. The van der Waals surface area contributed by atoms with Gasteiger partial charge in [-0.05, 0) is 55.3 Å². The SMILES string of the molecule is Nc1cc(C(F)(F)F)ccc1Sc1ccc(S(=O)(=O)C2(C(=O)NO)CCOCC2)cc1. The summed E-state index contributed by atoms with van der Waals surface area (Å²) in [6.45, 7) is 0.0988. The van der Waals surface area contributed by atoms with Crippen LogP contribution in [-0.2, 0) is 25.5 Å². The van der Waals surface area contributed by atoms with Crippen LogP contribution in [0.3, 0.4) is 0 Å². The summed E-state index contributed by atoms with van der Waals surface area (Å²) in [4.78, 5) is 13.1. The summed E-state index contributed by atoms with van der Waals surface area (Å²) in [5.41, 5.74) is 6.26. The standard InChI is InChI=1S/C19H19F3N2O5S2/c20-19(21,22)12-1-6-16(15(23)11-12)30-13-2-4-14(5-3-13)31(27,28)18(17(25)24-26)7-9-29-10-8-18/h1-6,11,26H,7-10,23H2,(H,24,25). The third-order valence-electron chi connectivity index (χ3n) is 5.03. The molecule has 0 spiro atoms. The van der Waals surface area contributed by atoms with Gasteiger partial charge in [-0.25, -0.2) is 13.9 Å². The molecule has 0 atom stereocenters. The van der Waals surface area contributed by atoms with E-state index in [1.54, 1.807) is 0 Å². The number of carbonyl (C=O) groups excluding carboxylic acids is 1. The highest BCUT2D eigenvalue weighted by Gasteiger charge is 2.52. The van der Waals surface area contributed by atoms with E-state index in [4.69, 9.17) is 15.7 Å². The fraction of sp³-hybridized carbons (Fsp3) is 0.316. The van der Waals surface area contributed by atoms with Crippen molar-refractivity contribution in [2.75, 3.05) is 18.9 Å². The van der Waals surface area contributed by atoms with Gasteiger partial charge in [0.2, 0.25) is 0 Å². The van der Waals surface area contributed by atoms with E-state index in [1.807, 2.05) is 0 Å². The Hall–Kier alpha value is -2.28. The second kappa shape index (κ2) is 8.69. The largest absolute Gasteiger partial charge is 0.416 e. The maximum atomic E-state index is 13.2. The summed E-state index contributed by atoms with van der Waals surface area (Å²) in [6.07, 6.45) is -4.73. The molecule has 7 nitrogen and oxygen atoms in total. The van der Waals surface area contributed by atoms with Crippen LogP contribution in [0.15, 0.2) is 57.2 Å². The zero-order valence-corrected chi connectivity index (χ0v) is 17.6. The van der Waals surface area contributed by atoms with Crippen molar-refractivity contribution < 1.29 is 36.3 Å². The molecule has 1 aliphatic heterocycles. The van der Waals surface area contributed by atoms with E-state index in [2.05, 4.69) is 0 Å². The first-order chi connectivity index (χ1) is 14.5. The van der Waals surface area contributed by atoms with Crippen LogP contribution in [0.4, 0.5) is 18.9 Å². The number of rotatable bonds is 5. The van der Waals surface area contributed by atoms with Gasteiger partial charge < -0.3 is 10.5 Å². The monoisotopic (exact) mass is 476 g/mol. The summed E-state index contributed by atoms with van der Waals surface area (Å²) in [5, 5.41) is 9.08. The molecule has 12 heteroatoms. The minimum atomic E-state index is -4.51. The van der Waals surface area contributed by atoms with Crippen LogP contribution >= 0.6 is 11.8 Å². The van der Waals surface area contributed by atoms with E-state index >= 15 is 0 Å². The van der Waals surface area contributed by atoms with Crippen LogP contribution in [0.5, 0.6) is 0 Å². The van der Waals surface area contributed by atoms with Crippen molar-refractivity contribution in [2.45, 2.75) is 38.5 Å². The van der Waals surface area contributed by atoms with Crippen LogP contribution < -0.4 is 11.2 Å². The fourth-order valence-corrected chi connectivity index (χ4v) is 6.06. The number of amides is 1. The second-order valence-corrected chi connectivity index (χ2v) is 10.2. The molecule has 2 aromatic rings. The minimum absolute atomic E-state index is 0.0494. The van der Waals surface area contributed by atoms with Crippen LogP contribution in [0, 0.1) is 0 Å². The van der Waals surface area contributed by atoms with Crippen molar-refractivity contribution in [2.24, 2.45) is 0 Å². The van der Waals surface area contributed by atoms with Gasteiger partial charge in [-0.1, -0.05) is 11.8 Å². The molecule has 0 aliphatic carbocycles. The van der Waals surface area contributed by atoms with Crippen LogP contribution in [-0.4, -0.2) is 37.5 Å². The highest BCUT2D eigenvalue weighted by molar-refractivity contribution is 7.99. The molecule has 3 rings (SSSR count). The molecule has 31 heavy (non-hydrogen) atoms. The first-order valence-corrected chi connectivity index (χ1v) is 11.3. The first-order valence-electron chi connectivity index (χ1n) is 9.03. The highest BCUT2D eigenvalue weighted by atomic mass is 32.2. The summed E-state index contributed by atoms with van der Waals surface area (Å²) in [6, 6.07) is 8.55. The summed E-state index contributed by atoms with van der Waals surface area (Å²) < 4.78 is 68.1. The maximum Gasteiger partial charge on any atom is 0.416 e. The number of nitrogen functional groups attached to an aromatic ring is 1. The van der Waals surface area contributed by atoms with E-state index in [-0.39, 0.29) is 36.6 Å². The van der Waals surface area contributed by atoms with Crippen molar-refractivity contribution in [3.8, 4) is 0 Å². The van der Waals surface area contributed by atoms with Gasteiger partial charge in [0.05, 0.1) is 10.5 Å². The van der Waals surface area contributed by atoms with E-state index in [1.165, 1.54) is 35.8 Å². The Morgan fingerprint density at radius 1 is 1.13 bits per heavy atom. The molecule has 1 saturated heterocycles. The number of carbonyl (C=O) groups is 1. The molecule has 1 heterocycles. The Labute approximate surface area is 180 Å². The number of alkyl halides is 3. The summed E-state index contributed by atoms with van der Waals surface area (Å²) >= 11 is 1.07. The minimum Gasteiger partial charge on any atom is -0.398 e. The quantitative estimate of drug-likeness (QED) is 0.344. The molecule has 0 saturated carbocycles. The van der Waals surface area contributed by atoms with E-state index in [0.717, 1.165) is 23.9 Å². The molecule has 0 bridgehead atoms. The van der Waals surface area contributed by atoms with Gasteiger partial charge in [-0.3, -0.25) is 10.0 Å². The van der Waals surface area contributed by atoms with Crippen molar-refractivity contribution in [1.82, 2.24) is 5.48 Å². The number of nitrogens with one attached hydrogen (secondary N) is 1. The lowest BCUT2D eigenvalue weighted by Crippen LogP contribution is -2.54. The number of anilines is 1. The number of sulfone groups is 1. The zero-order chi connectivity index (χ0) is 22.9. The summed E-state index contributed by atoms with van der Waals surface area (Å²) in [7, 11) is -4.17. The van der Waals surface area contributed by atoms with E-state index in [9.17, 15) is 26.4 Å². The fourth-order valence-electron chi connectivity index (χ4n) is 3.28. The molecule has 2 aromatic carbocycles. The molecule has 0 radical (unpaired) electrons. The van der Waals surface area contributed by atoms with Gasteiger partial charge >= 0.3 is 6.18 Å². The van der Waals surface area contributed by atoms with Gasteiger partial charge in [0.25, 0.3) is 5.91 Å². The topological polar surface area (TPSA) is 119 Å². The Morgan fingerprint density at radius 2 is 1.74 bits per heavy atom. The van der Waals surface area contributed by atoms with Crippen molar-refractivity contribution >= 4 is 33.2 Å². The number of hydrogen-bond acceptors (Lipinski definition) is 7. The van der Waals surface area contributed by atoms with Crippen LogP contribution in [0.25, 0.3) is 0 Å². The third kappa shape index (κ3) is 4.52. The van der Waals surface area contributed by atoms with Crippen molar-refractivity contribution in [3.05, 3.63) is 48.0 Å². The third-order valence-corrected chi connectivity index (χ3v) is 8.64. The predicted octanol–water partition coefficient (Wildman–Crippen LogP) is 3.27. The van der Waals surface area contributed by atoms with Crippen LogP contribution in [0.2, 0.25) is 0 Å². The van der Waals surface area contributed by atoms with Crippen LogP contribution in [0.1, 0.15) is 18.4 Å². The number of halogens is 3. The Kier molecular flexibility index (Phi) is 6.56. The van der Waals surface area contributed by atoms with E-state index < -0.39 is 32.2 Å². The average Bonchev–Trinajstić information content (AvgIpc) is 2.74. The van der Waals surface area contributed by atoms with Gasteiger partial charge in [-0.15, -0.1) is 0 Å². The molecule has 0 aromatic heterocycles. The lowest BCUT2D eigenvalue weighted by atomic mass is 9.98. The highest BCUT2D eigenvalue weighted by Crippen LogP contribution is 2.39. The lowest BCUT2D eigenvalue weighted by molar-refractivity contribution is -0.137. The molecular weight excluding hydrogens is 457 g/mol. The van der Waals surface area contributed by atoms with Gasteiger partial charge in [-0.2, -0.15) is 13.2 Å². The normalized spacial score (nSPS) is 16.6. The Morgan fingerprint density at radius 3 is 2.26 bits per heavy atom. The van der Waals surface area contributed by atoms with E-state index in [0.29, 0.717) is 9.79 Å². The van der Waals surface area contributed by atoms with Crippen molar-refractivity contribution in [1.29, 1.82) is 0 Å². The second-order valence-electron chi connectivity index (χ2n) is 6.87. The number of hydrogen-bond donors (Lipinski definition) is 3. The summed E-state index contributed by atoms with van der Waals surface area (Å²) in [5.74, 6) is -1.02. The lowest BCUT2D eigenvalue weighted by Gasteiger charge is -2.34. The Bertz CT molecular complexity index is 1070. The number of hydroxylamine groups is 1.